The van der Waals surface area contributed by atoms with E-state index in [4.69, 9.17) is 14.4 Å². The maximum atomic E-state index is 6.47. The van der Waals surface area contributed by atoms with Crippen LogP contribution in [0.2, 0.25) is 0 Å². The summed E-state index contributed by atoms with van der Waals surface area (Å²) < 4.78 is 8.61. The highest BCUT2D eigenvalue weighted by atomic mass is 16.3. The summed E-state index contributed by atoms with van der Waals surface area (Å²) in [5.74, 6) is 0.764. The Morgan fingerprint density at radius 2 is 1.46 bits per heavy atom. The molecular formula is C31H34N3O+. The highest BCUT2D eigenvalue weighted by Crippen LogP contribution is 2.38. The van der Waals surface area contributed by atoms with Gasteiger partial charge in [-0.15, -0.1) is 0 Å². The van der Waals surface area contributed by atoms with E-state index in [1.54, 1.807) is 0 Å². The molecular weight excluding hydrogens is 430 g/mol. The molecule has 0 aliphatic rings. The lowest BCUT2D eigenvalue weighted by atomic mass is 9.86. The Morgan fingerprint density at radius 3 is 2.09 bits per heavy atom. The predicted octanol–water partition coefficient (Wildman–Crippen LogP) is 7.44. The van der Waals surface area contributed by atoms with Gasteiger partial charge in [-0.05, 0) is 42.8 Å². The van der Waals surface area contributed by atoms with Gasteiger partial charge in [0.2, 0.25) is 5.69 Å². The number of nitrogens with zero attached hydrogens (tertiary/aromatic N) is 3. The van der Waals surface area contributed by atoms with Crippen LogP contribution in [-0.4, -0.2) is 9.97 Å². The normalized spacial score (nSPS) is 12.6. The van der Waals surface area contributed by atoms with Crippen LogP contribution in [0.15, 0.2) is 65.2 Å². The lowest BCUT2D eigenvalue weighted by molar-refractivity contribution is -0.660. The van der Waals surface area contributed by atoms with Crippen LogP contribution in [0, 0.1) is 6.92 Å². The first-order valence-corrected chi connectivity index (χ1v) is 12.2. The summed E-state index contributed by atoms with van der Waals surface area (Å²) in [5.41, 5.74) is 8.21. The molecule has 3 aromatic heterocycles. The van der Waals surface area contributed by atoms with Gasteiger partial charge in [0, 0.05) is 39.3 Å². The number of aryl methyl sites for hydroxylation is 2. The van der Waals surface area contributed by atoms with Crippen LogP contribution in [0.5, 0.6) is 0 Å². The van der Waals surface area contributed by atoms with Crippen molar-refractivity contribution < 1.29 is 8.98 Å². The zero-order valence-electron chi connectivity index (χ0n) is 22.0. The summed E-state index contributed by atoms with van der Waals surface area (Å²) in [6.07, 6.45) is 2.07. The SMILES string of the molecule is Cc1ccc2c(oc3ccc(-c4nc(C(C)(C)C)cc(C(C)(C)C)n4)cc32)c1-c1cccc[n+]1C. The Labute approximate surface area is 207 Å². The van der Waals surface area contributed by atoms with Gasteiger partial charge in [0.05, 0.1) is 17.0 Å². The Kier molecular flexibility index (Phi) is 5.32. The van der Waals surface area contributed by atoms with Crippen LogP contribution in [0.4, 0.5) is 0 Å². The first kappa shape index (κ1) is 23.2. The minimum Gasteiger partial charge on any atom is -0.455 e. The molecule has 0 unspecified atom stereocenters. The molecule has 3 heterocycles. The molecule has 0 bridgehead atoms. The zero-order valence-corrected chi connectivity index (χ0v) is 22.0. The molecule has 2 aromatic carbocycles. The molecule has 0 radical (unpaired) electrons. The summed E-state index contributed by atoms with van der Waals surface area (Å²) >= 11 is 0. The van der Waals surface area contributed by atoms with Crippen molar-refractivity contribution >= 4 is 21.9 Å². The number of benzene rings is 2. The topological polar surface area (TPSA) is 42.8 Å². The number of rotatable bonds is 2. The quantitative estimate of drug-likeness (QED) is 0.255. The van der Waals surface area contributed by atoms with Crippen molar-refractivity contribution in [1.82, 2.24) is 9.97 Å². The van der Waals surface area contributed by atoms with Crippen molar-refractivity contribution in [2.45, 2.75) is 59.3 Å². The van der Waals surface area contributed by atoms with Crippen LogP contribution in [0.25, 0.3) is 44.6 Å². The number of hydrogen-bond donors (Lipinski definition) is 0. The third-order valence-corrected chi connectivity index (χ3v) is 6.68. The van der Waals surface area contributed by atoms with Crippen molar-refractivity contribution in [2.75, 3.05) is 0 Å². The summed E-state index contributed by atoms with van der Waals surface area (Å²) in [4.78, 5) is 10.0. The third-order valence-electron chi connectivity index (χ3n) is 6.68. The molecule has 0 spiro atoms. The summed E-state index contributed by atoms with van der Waals surface area (Å²) in [6.45, 7) is 15.3. The van der Waals surface area contributed by atoms with Crippen molar-refractivity contribution in [3.63, 3.8) is 0 Å². The fourth-order valence-electron chi connectivity index (χ4n) is 4.52. The van der Waals surface area contributed by atoms with E-state index in [2.05, 4.69) is 115 Å². The average Bonchev–Trinajstić information content (AvgIpc) is 3.16. The highest BCUT2D eigenvalue weighted by Gasteiger charge is 2.24. The highest BCUT2D eigenvalue weighted by molar-refractivity contribution is 6.10. The van der Waals surface area contributed by atoms with Crippen LogP contribution in [-0.2, 0) is 17.9 Å². The maximum Gasteiger partial charge on any atom is 0.216 e. The van der Waals surface area contributed by atoms with E-state index in [0.29, 0.717) is 0 Å². The number of fused-ring (bicyclic) bond motifs is 3. The maximum absolute atomic E-state index is 6.47. The molecule has 0 saturated carbocycles. The molecule has 0 aliphatic heterocycles. The van der Waals surface area contributed by atoms with E-state index in [9.17, 15) is 0 Å². The van der Waals surface area contributed by atoms with Crippen molar-refractivity contribution in [3.05, 3.63) is 77.7 Å². The molecule has 0 fully saturated rings. The number of hydrogen-bond acceptors (Lipinski definition) is 3. The van der Waals surface area contributed by atoms with Gasteiger partial charge >= 0.3 is 0 Å². The average molecular weight is 465 g/mol. The second-order valence-electron chi connectivity index (χ2n) is 11.6. The van der Waals surface area contributed by atoms with E-state index in [0.717, 1.165) is 56.0 Å². The molecule has 5 aromatic rings. The first-order valence-electron chi connectivity index (χ1n) is 12.2. The van der Waals surface area contributed by atoms with Crippen LogP contribution >= 0.6 is 0 Å². The Balaban J connectivity index is 1.75. The second kappa shape index (κ2) is 8.01. The standard InChI is InChI=1S/C31H34N3O/c1-19-12-14-21-22-17-20(29-32-25(30(2,3)4)18-26(33-29)31(5,6)7)13-15-24(22)35-28(21)27(19)23-11-9-10-16-34(23)8/h9-18H,1-8H3/q+1. The van der Waals surface area contributed by atoms with Gasteiger partial charge in [0.25, 0.3) is 0 Å². The minimum atomic E-state index is -0.0677. The molecule has 178 valence electrons. The summed E-state index contributed by atoms with van der Waals surface area (Å²) in [7, 11) is 2.07. The minimum absolute atomic E-state index is 0.0677. The molecule has 0 atom stereocenters. The molecule has 5 rings (SSSR count). The Hall–Kier alpha value is -3.53. The first-order chi connectivity index (χ1) is 16.4. The van der Waals surface area contributed by atoms with Crippen LogP contribution in [0.1, 0.15) is 58.5 Å². The Bertz CT molecular complexity index is 1550. The fraction of sp³-hybridized carbons (Fsp3) is 0.323. The van der Waals surface area contributed by atoms with E-state index < -0.39 is 0 Å². The van der Waals surface area contributed by atoms with E-state index >= 15 is 0 Å². The zero-order chi connectivity index (χ0) is 25.1. The van der Waals surface area contributed by atoms with Gasteiger partial charge in [-0.1, -0.05) is 53.7 Å². The van der Waals surface area contributed by atoms with Gasteiger partial charge < -0.3 is 4.42 Å². The summed E-state index contributed by atoms with van der Waals surface area (Å²) in [5, 5.41) is 2.19. The largest absolute Gasteiger partial charge is 0.455 e. The van der Waals surface area contributed by atoms with E-state index in [1.807, 2.05) is 6.07 Å². The molecule has 4 nitrogen and oxygen atoms in total. The monoisotopic (exact) mass is 464 g/mol. The Morgan fingerprint density at radius 1 is 0.771 bits per heavy atom. The van der Waals surface area contributed by atoms with Crippen LogP contribution in [0.3, 0.4) is 0 Å². The van der Waals surface area contributed by atoms with Crippen molar-refractivity contribution in [2.24, 2.45) is 7.05 Å². The van der Waals surface area contributed by atoms with Gasteiger partial charge in [0.15, 0.2) is 12.0 Å². The number of aromatic nitrogens is 3. The number of pyridine rings is 1. The molecule has 0 amide bonds. The fourth-order valence-corrected chi connectivity index (χ4v) is 4.52. The lowest BCUT2D eigenvalue weighted by Gasteiger charge is -2.24. The van der Waals surface area contributed by atoms with Crippen molar-refractivity contribution in [1.29, 1.82) is 0 Å². The van der Waals surface area contributed by atoms with Crippen molar-refractivity contribution in [3.8, 4) is 22.6 Å². The molecule has 0 saturated heterocycles. The van der Waals surface area contributed by atoms with E-state index in [1.165, 1.54) is 5.56 Å². The van der Waals surface area contributed by atoms with Gasteiger partial charge in [-0.2, -0.15) is 0 Å². The van der Waals surface area contributed by atoms with Crippen LogP contribution < -0.4 is 4.57 Å². The van der Waals surface area contributed by atoms with Gasteiger partial charge in [0.1, 0.15) is 18.2 Å². The predicted molar refractivity (Wildman–Crippen MR) is 143 cm³/mol. The molecule has 4 heteroatoms. The smallest absolute Gasteiger partial charge is 0.216 e. The summed E-state index contributed by atoms with van der Waals surface area (Å²) in [6, 6.07) is 19.1. The van der Waals surface area contributed by atoms with Gasteiger partial charge in [-0.3, -0.25) is 0 Å². The van der Waals surface area contributed by atoms with Gasteiger partial charge in [-0.25, -0.2) is 14.5 Å². The van der Waals surface area contributed by atoms with E-state index in [-0.39, 0.29) is 10.8 Å². The second-order valence-corrected chi connectivity index (χ2v) is 11.6. The molecule has 0 aliphatic carbocycles. The lowest BCUT2D eigenvalue weighted by Crippen LogP contribution is -2.30. The molecule has 0 N–H and O–H groups in total. The number of furan rings is 1. The third kappa shape index (κ3) is 4.12. The molecule has 35 heavy (non-hydrogen) atoms.